The molecule has 1 aromatic heterocycles. The first-order valence-corrected chi connectivity index (χ1v) is 6.92. The Morgan fingerprint density at radius 1 is 1.14 bits per heavy atom. The zero-order chi connectivity index (χ0) is 14.7. The van der Waals surface area contributed by atoms with Gasteiger partial charge in [-0.1, -0.05) is 29.8 Å². The van der Waals surface area contributed by atoms with Crippen molar-refractivity contribution in [2.24, 2.45) is 0 Å². The summed E-state index contributed by atoms with van der Waals surface area (Å²) in [5.41, 5.74) is 3.52. The summed E-state index contributed by atoms with van der Waals surface area (Å²) >= 11 is 6.03. The fourth-order valence-electron chi connectivity index (χ4n) is 2.22. The van der Waals surface area contributed by atoms with Crippen LogP contribution in [0.1, 0.15) is 11.1 Å². The highest BCUT2D eigenvalue weighted by Crippen LogP contribution is 2.22. The molecule has 1 heterocycles. The molecule has 0 atom stereocenters. The van der Waals surface area contributed by atoms with Crippen LogP contribution in [0.25, 0.3) is 10.9 Å². The van der Waals surface area contributed by atoms with Crippen LogP contribution in [0.2, 0.25) is 5.02 Å². The van der Waals surface area contributed by atoms with Gasteiger partial charge < -0.3 is 5.32 Å². The van der Waals surface area contributed by atoms with Gasteiger partial charge in [0.25, 0.3) is 0 Å². The monoisotopic (exact) mass is 293 g/mol. The Bertz CT molecular complexity index is 832. The zero-order valence-electron chi connectivity index (χ0n) is 11.2. The van der Waals surface area contributed by atoms with Crippen molar-refractivity contribution in [1.29, 1.82) is 5.26 Å². The van der Waals surface area contributed by atoms with E-state index in [1.54, 1.807) is 12.1 Å². The standard InChI is InChI=1S/C17H12ClN3/c18-16-9-14(6-5-12(16)10-19)21-11-13-7-8-20-17-4-2-1-3-15(13)17/h1-9,21H,11H2. The SMILES string of the molecule is N#Cc1ccc(NCc2ccnc3ccccc23)cc1Cl. The molecule has 0 radical (unpaired) electrons. The molecular formula is C17H12ClN3. The van der Waals surface area contributed by atoms with Crippen LogP contribution in [-0.4, -0.2) is 4.98 Å². The second-order valence-electron chi connectivity index (χ2n) is 4.65. The number of para-hydroxylation sites is 1. The predicted octanol–water partition coefficient (Wildman–Crippen LogP) is 4.37. The number of anilines is 1. The number of fused-ring (bicyclic) bond motifs is 1. The van der Waals surface area contributed by atoms with E-state index < -0.39 is 0 Å². The molecule has 0 saturated carbocycles. The normalized spacial score (nSPS) is 10.3. The summed E-state index contributed by atoms with van der Waals surface area (Å²) < 4.78 is 0. The highest BCUT2D eigenvalue weighted by atomic mass is 35.5. The van der Waals surface area contributed by atoms with Crippen LogP contribution in [0.4, 0.5) is 5.69 Å². The average Bonchev–Trinajstić information content (AvgIpc) is 2.53. The molecular weight excluding hydrogens is 282 g/mol. The van der Waals surface area contributed by atoms with Gasteiger partial charge >= 0.3 is 0 Å². The Kier molecular flexibility index (Phi) is 3.72. The van der Waals surface area contributed by atoms with Crippen LogP contribution in [0.15, 0.2) is 54.7 Å². The number of pyridine rings is 1. The maximum absolute atomic E-state index is 8.87. The molecule has 0 aliphatic carbocycles. The Morgan fingerprint density at radius 2 is 2.00 bits per heavy atom. The van der Waals surface area contributed by atoms with Crippen molar-refractivity contribution < 1.29 is 0 Å². The van der Waals surface area contributed by atoms with E-state index >= 15 is 0 Å². The molecule has 3 nitrogen and oxygen atoms in total. The summed E-state index contributed by atoms with van der Waals surface area (Å²) in [7, 11) is 0. The molecule has 0 bridgehead atoms. The number of nitrogens with one attached hydrogen (secondary N) is 1. The lowest BCUT2D eigenvalue weighted by molar-refractivity contribution is 1.16. The number of rotatable bonds is 3. The van der Waals surface area contributed by atoms with E-state index in [1.165, 1.54) is 5.56 Å². The number of nitriles is 1. The summed E-state index contributed by atoms with van der Waals surface area (Å²) in [6, 6.07) is 17.4. The van der Waals surface area contributed by atoms with Crippen LogP contribution < -0.4 is 5.32 Å². The van der Waals surface area contributed by atoms with E-state index in [9.17, 15) is 0 Å². The fraction of sp³-hybridized carbons (Fsp3) is 0.0588. The van der Waals surface area contributed by atoms with Crippen molar-refractivity contribution in [3.05, 3.63) is 70.9 Å². The van der Waals surface area contributed by atoms with Crippen molar-refractivity contribution >= 4 is 28.2 Å². The summed E-state index contributed by atoms with van der Waals surface area (Å²) in [5, 5.41) is 13.8. The quantitative estimate of drug-likeness (QED) is 0.780. The van der Waals surface area contributed by atoms with Gasteiger partial charge in [0.2, 0.25) is 0 Å². The lowest BCUT2D eigenvalue weighted by atomic mass is 10.1. The lowest BCUT2D eigenvalue weighted by Gasteiger charge is -2.09. The van der Waals surface area contributed by atoms with E-state index in [1.807, 2.05) is 36.5 Å². The topological polar surface area (TPSA) is 48.7 Å². The fourth-order valence-corrected chi connectivity index (χ4v) is 2.45. The zero-order valence-corrected chi connectivity index (χ0v) is 11.9. The Balaban J connectivity index is 1.84. The molecule has 0 aliphatic heterocycles. The lowest BCUT2D eigenvalue weighted by Crippen LogP contribution is -2.00. The number of hydrogen-bond donors (Lipinski definition) is 1. The van der Waals surface area contributed by atoms with Gasteiger partial charge in [0, 0.05) is 23.8 Å². The molecule has 0 aliphatic rings. The molecule has 102 valence electrons. The highest BCUT2D eigenvalue weighted by Gasteiger charge is 2.03. The van der Waals surface area contributed by atoms with Gasteiger partial charge in [0.05, 0.1) is 16.1 Å². The van der Waals surface area contributed by atoms with Gasteiger partial charge in [-0.2, -0.15) is 5.26 Å². The second kappa shape index (κ2) is 5.82. The van der Waals surface area contributed by atoms with Crippen LogP contribution in [-0.2, 0) is 6.54 Å². The molecule has 3 aromatic rings. The number of aromatic nitrogens is 1. The molecule has 0 amide bonds. The predicted molar refractivity (Wildman–Crippen MR) is 85.2 cm³/mol. The van der Waals surface area contributed by atoms with Crippen LogP contribution >= 0.6 is 11.6 Å². The van der Waals surface area contributed by atoms with E-state index in [4.69, 9.17) is 16.9 Å². The molecule has 2 aromatic carbocycles. The number of hydrogen-bond acceptors (Lipinski definition) is 3. The summed E-state index contributed by atoms with van der Waals surface area (Å²) in [4.78, 5) is 4.35. The van der Waals surface area contributed by atoms with Crippen molar-refractivity contribution in [1.82, 2.24) is 4.98 Å². The minimum atomic E-state index is 0.460. The maximum atomic E-state index is 8.87. The van der Waals surface area contributed by atoms with Crippen molar-refractivity contribution in [2.45, 2.75) is 6.54 Å². The summed E-state index contributed by atoms with van der Waals surface area (Å²) in [6.07, 6.45) is 1.81. The van der Waals surface area contributed by atoms with E-state index in [0.29, 0.717) is 17.1 Å². The van der Waals surface area contributed by atoms with E-state index in [0.717, 1.165) is 16.6 Å². The number of benzene rings is 2. The minimum Gasteiger partial charge on any atom is -0.381 e. The molecule has 4 heteroatoms. The van der Waals surface area contributed by atoms with Gasteiger partial charge in [0.15, 0.2) is 0 Å². The van der Waals surface area contributed by atoms with E-state index in [-0.39, 0.29) is 0 Å². The third kappa shape index (κ3) is 2.81. The number of nitrogens with zero attached hydrogens (tertiary/aromatic N) is 2. The van der Waals surface area contributed by atoms with Crippen LogP contribution in [0.5, 0.6) is 0 Å². The largest absolute Gasteiger partial charge is 0.381 e. The molecule has 3 rings (SSSR count). The molecule has 0 unspecified atom stereocenters. The average molecular weight is 294 g/mol. The smallest absolute Gasteiger partial charge is 0.101 e. The summed E-state index contributed by atoms with van der Waals surface area (Å²) in [5.74, 6) is 0. The number of halogens is 1. The Hall–Kier alpha value is -2.57. The van der Waals surface area contributed by atoms with Crippen molar-refractivity contribution in [2.75, 3.05) is 5.32 Å². The van der Waals surface area contributed by atoms with Crippen molar-refractivity contribution in [3.63, 3.8) is 0 Å². The highest BCUT2D eigenvalue weighted by molar-refractivity contribution is 6.32. The third-order valence-corrected chi connectivity index (χ3v) is 3.62. The second-order valence-corrected chi connectivity index (χ2v) is 5.05. The van der Waals surface area contributed by atoms with E-state index in [2.05, 4.69) is 22.4 Å². The van der Waals surface area contributed by atoms with Gasteiger partial charge in [-0.15, -0.1) is 0 Å². The Morgan fingerprint density at radius 3 is 2.81 bits per heavy atom. The third-order valence-electron chi connectivity index (χ3n) is 3.31. The first kappa shape index (κ1) is 13.4. The minimum absolute atomic E-state index is 0.460. The van der Waals surface area contributed by atoms with Crippen LogP contribution in [0, 0.1) is 11.3 Å². The summed E-state index contributed by atoms with van der Waals surface area (Å²) in [6.45, 7) is 0.672. The maximum Gasteiger partial charge on any atom is 0.101 e. The van der Waals surface area contributed by atoms with Crippen LogP contribution in [0.3, 0.4) is 0 Å². The van der Waals surface area contributed by atoms with Gasteiger partial charge in [-0.25, -0.2) is 0 Å². The van der Waals surface area contributed by atoms with Gasteiger partial charge in [-0.05, 0) is 35.9 Å². The Labute approximate surface area is 127 Å². The first-order valence-electron chi connectivity index (χ1n) is 6.54. The molecule has 0 fully saturated rings. The van der Waals surface area contributed by atoms with Gasteiger partial charge in [0.1, 0.15) is 6.07 Å². The molecule has 1 N–H and O–H groups in total. The van der Waals surface area contributed by atoms with Crippen molar-refractivity contribution in [3.8, 4) is 6.07 Å². The van der Waals surface area contributed by atoms with Gasteiger partial charge in [-0.3, -0.25) is 4.98 Å². The molecule has 0 spiro atoms. The molecule has 21 heavy (non-hydrogen) atoms. The first-order chi connectivity index (χ1) is 10.3. The molecule has 0 saturated heterocycles.